The maximum atomic E-state index is 11.0. The Balaban J connectivity index is 2.58. The molecule has 2 rings (SSSR count). The largest absolute Gasteiger partial charge is 0.757 e. The van der Waals surface area contributed by atoms with E-state index in [1.54, 1.807) is 0 Å². The van der Waals surface area contributed by atoms with Gasteiger partial charge in [-0.15, -0.1) is 0 Å². The number of nitrogens with zero attached hydrogens (tertiary/aromatic N) is 4. The molecule has 2 aliphatic rings. The fourth-order valence-corrected chi connectivity index (χ4v) is 1.86. The molecule has 2 fully saturated rings. The summed E-state index contributed by atoms with van der Waals surface area (Å²) in [7, 11) is 0. The van der Waals surface area contributed by atoms with Gasteiger partial charge >= 0.3 is 24.3 Å². The first-order chi connectivity index (χ1) is 9.67. The van der Waals surface area contributed by atoms with Gasteiger partial charge < -0.3 is 0 Å². The third-order valence-corrected chi connectivity index (χ3v) is 2.77. The van der Waals surface area contributed by atoms with Crippen molar-refractivity contribution in [3.8, 4) is 0 Å². The molecule has 3 atom stereocenters. The average Bonchev–Trinajstić information content (AvgIpc) is 2.64. The van der Waals surface area contributed by atoms with Gasteiger partial charge in [-0.1, -0.05) is 0 Å². The molecule has 16 nitrogen and oxygen atoms in total. The van der Waals surface area contributed by atoms with Crippen LogP contribution in [0.5, 0.6) is 0 Å². The number of fused-ring (bicyclic) bond motifs is 2. The normalized spacial score (nSPS) is 31.6. The number of hydrogen-bond acceptors (Lipinski definition) is 12. The van der Waals surface area contributed by atoms with Crippen LogP contribution in [-0.2, 0) is 19.2 Å². The molecule has 2 bridgehead atoms. The molecule has 21 heavy (non-hydrogen) atoms. The number of nitro groups is 4. The summed E-state index contributed by atoms with van der Waals surface area (Å²) in [5, 5.41) is 43.5. The third-order valence-electron chi connectivity index (χ3n) is 2.77. The number of ether oxygens (including phenoxy) is 2. The fourth-order valence-electron chi connectivity index (χ4n) is 1.86. The van der Waals surface area contributed by atoms with Gasteiger partial charge in [0, 0.05) is 0 Å². The van der Waals surface area contributed by atoms with Crippen molar-refractivity contribution >= 4 is 0 Å². The van der Waals surface area contributed by atoms with E-state index in [0.717, 1.165) is 0 Å². The van der Waals surface area contributed by atoms with Gasteiger partial charge in [0.1, 0.15) is 6.42 Å². The second-order valence-electron chi connectivity index (χ2n) is 3.83. The molecule has 0 aromatic rings. The average molecular weight is 312 g/mol. The Kier molecular flexibility index (Phi) is 3.17. The summed E-state index contributed by atoms with van der Waals surface area (Å²) >= 11 is 0. The molecule has 0 N–H and O–H groups in total. The minimum atomic E-state index is -4.26. The van der Waals surface area contributed by atoms with Gasteiger partial charge in [0.05, 0.1) is 4.92 Å². The molecule has 16 heteroatoms. The van der Waals surface area contributed by atoms with E-state index in [9.17, 15) is 40.5 Å². The zero-order valence-corrected chi connectivity index (χ0v) is 9.55. The van der Waals surface area contributed by atoms with E-state index in [1.807, 2.05) is 0 Å². The minimum absolute atomic E-state index is 1.12. The Hall–Kier alpha value is -2.56. The quantitative estimate of drug-likeness (QED) is 0.244. The zero-order valence-electron chi connectivity index (χ0n) is 9.55. The van der Waals surface area contributed by atoms with Crippen LogP contribution in [0.25, 0.3) is 0 Å². The third kappa shape index (κ3) is 1.77. The van der Waals surface area contributed by atoms with Gasteiger partial charge in [-0.25, -0.2) is 0 Å². The summed E-state index contributed by atoms with van der Waals surface area (Å²) in [6.07, 6.45) is -3.40. The summed E-state index contributed by atoms with van der Waals surface area (Å²) in [5.41, 5.74) is 0. The topological polar surface area (TPSA) is 209 Å². The van der Waals surface area contributed by atoms with Crippen LogP contribution < -0.4 is 0 Å². The molecule has 116 valence electrons. The van der Waals surface area contributed by atoms with Crippen molar-refractivity contribution in [2.45, 2.75) is 30.7 Å². The summed E-state index contributed by atoms with van der Waals surface area (Å²) < 4.78 is 8.98. The van der Waals surface area contributed by atoms with Gasteiger partial charge in [0.15, 0.2) is 14.8 Å². The summed E-state index contributed by atoms with van der Waals surface area (Å²) in [4.78, 5) is 45.1. The van der Waals surface area contributed by atoms with Crippen LogP contribution in [0.2, 0.25) is 0 Å². The highest BCUT2D eigenvalue weighted by Gasteiger charge is 2.93. The van der Waals surface area contributed by atoms with E-state index in [1.165, 1.54) is 0 Å². The molecule has 0 radical (unpaired) electrons. The lowest BCUT2D eigenvalue weighted by Crippen LogP contribution is -2.71. The summed E-state index contributed by atoms with van der Waals surface area (Å²) in [6, 6.07) is 0. The first kappa shape index (κ1) is 14.8. The van der Waals surface area contributed by atoms with Crippen molar-refractivity contribution in [3.05, 3.63) is 40.5 Å². The van der Waals surface area contributed by atoms with Gasteiger partial charge in [-0.2, -0.15) is 9.78 Å². The minimum Gasteiger partial charge on any atom is -0.272 e. The molecule has 0 aromatic heterocycles. The Labute approximate surface area is 111 Å². The molecular weight excluding hydrogens is 308 g/mol. The molecule has 0 aromatic carbocycles. The van der Waals surface area contributed by atoms with Gasteiger partial charge in [-0.3, -0.25) is 49.9 Å². The monoisotopic (exact) mass is 312 g/mol. The van der Waals surface area contributed by atoms with E-state index in [0.29, 0.717) is 0 Å². The van der Waals surface area contributed by atoms with Crippen molar-refractivity contribution in [1.29, 1.82) is 0 Å². The van der Waals surface area contributed by atoms with Crippen LogP contribution in [0.4, 0.5) is 0 Å². The van der Waals surface area contributed by atoms with Gasteiger partial charge in [-0.05, 0) is 0 Å². The van der Waals surface area contributed by atoms with Crippen molar-refractivity contribution in [2.24, 2.45) is 0 Å². The number of hydrogen-bond donors (Lipinski definition) is 0. The molecule has 3 unspecified atom stereocenters. The molecule has 0 amide bonds. The molecule has 2 saturated heterocycles. The van der Waals surface area contributed by atoms with E-state index in [4.69, 9.17) is 0 Å². The van der Waals surface area contributed by atoms with Crippen LogP contribution in [0.3, 0.4) is 0 Å². The SMILES string of the molecule is O=[N+]([O-])C1CC2(C([N+](=O)[O-])([N+](=O)[O-])[N+](=O)[O-])OOC(O1)O2. The molecular formula is C5H4N4O12. The Morgan fingerprint density at radius 2 is 1.52 bits per heavy atom. The standard InChI is InChI=1S/C5H4N4O12/c10-6(11)2-1-4(19-3(18-2)20-21-4)5(7(12)13,8(14)15)9(16)17/h2-3H,1H2. The first-order valence-corrected chi connectivity index (χ1v) is 4.92. The van der Waals surface area contributed by atoms with Crippen molar-refractivity contribution in [1.82, 2.24) is 0 Å². The lowest BCUT2D eigenvalue weighted by atomic mass is 10.0. The molecule has 0 aliphatic carbocycles. The lowest BCUT2D eigenvalue weighted by Gasteiger charge is -2.27. The van der Waals surface area contributed by atoms with Crippen LogP contribution in [-0.4, -0.2) is 44.0 Å². The van der Waals surface area contributed by atoms with E-state index >= 15 is 0 Å². The van der Waals surface area contributed by atoms with E-state index < -0.39 is 50.4 Å². The van der Waals surface area contributed by atoms with Gasteiger partial charge in [0.25, 0.3) is 0 Å². The summed E-state index contributed by atoms with van der Waals surface area (Å²) in [6.45, 7) is -2.05. The predicted molar refractivity (Wildman–Crippen MR) is 50.0 cm³/mol. The highest BCUT2D eigenvalue weighted by Crippen LogP contribution is 2.45. The summed E-state index contributed by atoms with van der Waals surface area (Å²) in [5.74, 6) is -7.52. The van der Waals surface area contributed by atoms with E-state index in [2.05, 4.69) is 19.2 Å². The van der Waals surface area contributed by atoms with Crippen molar-refractivity contribution in [2.75, 3.05) is 0 Å². The molecule has 2 aliphatic heterocycles. The lowest BCUT2D eigenvalue weighted by molar-refractivity contribution is -0.995. The van der Waals surface area contributed by atoms with Crippen LogP contribution in [0.15, 0.2) is 0 Å². The van der Waals surface area contributed by atoms with Crippen molar-refractivity contribution < 1.29 is 38.9 Å². The number of rotatable bonds is 5. The highest BCUT2D eigenvalue weighted by atomic mass is 17.3. The van der Waals surface area contributed by atoms with Crippen LogP contribution in [0, 0.1) is 40.5 Å². The van der Waals surface area contributed by atoms with E-state index in [-0.39, 0.29) is 0 Å². The smallest absolute Gasteiger partial charge is 0.272 e. The van der Waals surface area contributed by atoms with Crippen molar-refractivity contribution in [3.63, 3.8) is 0 Å². The van der Waals surface area contributed by atoms with Crippen LogP contribution >= 0.6 is 0 Å². The molecule has 2 heterocycles. The first-order valence-electron chi connectivity index (χ1n) is 4.92. The zero-order chi connectivity index (χ0) is 16.0. The Bertz CT molecular complexity index is 498. The fraction of sp³-hybridized carbons (Fsp3) is 1.00. The second-order valence-corrected chi connectivity index (χ2v) is 3.83. The predicted octanol–water partition coefficient (Wildman–Crippen LogP) is -1.55. The maximum Gasteiger partial charge on any atom is 0.757 e. The van der Waals surface area contributed by atoms with Gasteiger partial charge in [0.2, 0.25) is 0 Å². The highest BCUT2D eigenvalue weighted by molar-refractivity contribution is 4.84. The molecule has 0 saturated carbocycles. The molecule has 0 spiro atoms. The Morgan fingerprint density at radius 3 is 1.95 bits per heavy atom. The Morgan fingerprint density at radius 1 is 1.00 bits per heavy atom. The maximum absolute atomic E-state index is 11.0. The van der Waals surface area contributed by atoms with Crippen LogP contribution in [0.1, 0.15) is 6.42 Å². The second kappa shape index (κ2) is 4.48.